The van der Waals surface area contributed by atoms with E-state index in [1.807, 2.05) is 6.92 Å². The molecule has 2 aliphatic carbocycles. The van der Waals surface area contributed by atoms with E-state index in [0.717, 1.165) is 5.92 Å². The zero-order valence-electron chi connectivity index (χ0n) is 15.0. The summed E-state index contributed by atoms with van der Waals surface area (Å²) < 4.78 is 4.78. The lowest BCUT2D eigenvalue weighted by Gasteiger charge is -2.32. The number of hydrogen-bond donors (Lipinski definition) is 0. The first-order valence-electron chi connectivity index (χ1n) is 8.91. The van der Waals surface area contributed by atoms with Crippen LogP contribution in [0.15, 0.2) is 0 Å². The van der Waals surface area contributed by atoms with Crippen LogP contribution < -0.4 is 0 Å². The molecular formula is C19H32O3. The van der Waals surface area contributed by atoms with Crippen LogP contribution in [0, 0.1) is 40.9 Å². The number of carbonyl (C=O) groups excluding carboxylic acids is 2. The molecular weight excluding hydrogens is 276 g/mol. The van der Waals surface area contributed by atoms with Gasteiger partial charge in [0.2, 0.25) is 0 Å². The van der Waals surface area contributed by atoms with Gasteiger partial charge in [0.05, 0.1) is 11.8 Å². The molecule has 0 aromatic rings. The van der Waals surface area contributed by atoms with Gasteiger partial charge >= 0.3 is 11.9 Å². The van der Waals surface area contributed by atoms with Crippen molar-refractivity contribution in [3.63, 3.8) is 0 Å². The van der Waals surface area contributed by atoms with E-state index in [0.29, 0.717) is 23.2 Å². The van der Waals surface area contributed by atoms with Crippen LogP contribution in [0.5, 0.6) is 0 Å². The van der Waals surface area contributed by atoms with Crippen molar-refractivity contribution in [3.05, 3.63) is 0 Å². The summed E-state index contributed by atoms with van der Waals surface area (Å²) in [5.41, 5.74) is 0.542. The van der Waals surface area contributed by atoms with E-state index in [-0.39, 0.29) is 23.8 Å². The Bertz CT molecular complexity index is 432. The number of ether oxygens (including phenoxy) is 1. The quantitative estimate of drug-likeness (QED) is 0.531. The van der Waals surface area contributed by atoms with E-state index in [4.69, 9.17) is 4.74 Å². The molecule has 3 rings (SSSR count). The maximum atomic E-state index is 11.8. The molecule has 3 nitrogen and oxygen atoms in total. The van der Waals surface area contributed by atoms with Crippen LogP contribution in [0.1, 0.15) is 67.2 Å². The van der Waals surface area contributed by atoms with Gasteiger partial charge in [-0.15, -0.1) is 0 Å². The van der Waals surface area contributed by atoms with Crippen LogP contribution in [0.4, 0.5) is 0 Å². The van der Waals surface area contributed by atoms with Gasteiger partial charge in [-0.25, -0.2) is 0 Å². The van der Waals surface area contributed by atoms with Crippen molar-refractivity contribution in [2.45, 2.75) is 67.2 Å². The average Bonchev–Trinajstić information content (AvgIpc) is 3.07. The van der Waals surface area contributed by atoms with Crippen molar-refractivity contribution in [3.8, 4) is 0 Å². The van der Waals surface area contributed by atoms with Crippen LogP contribution in [-0.4, -0.2) is 11.9 Å². The molecule has 0 radical (unpaired) electrons. The summed E-state index contributed by atoms with van der Waals surface area (Å²) in [5.74, 6) is 1.47. The fourth-order valence-corrected chi connectivity index (χ4v) is 4.35. The predicted octanol–water partition coefficient (Wildman–Crippen LogP) is 4.45. The summed E-state index contributed by atoms with van der Waals surface area (Å²) in [4.78, 5) is 23.2. The first-order chi connectivity index (χ1) is 10.2. The Kier molecular flexibility index (Phi) is 5.03. The van der Waals surface area contributed by atoms with E-state index in [1.54, 1.807) is 0 Å². The second-order valence-corrected chi connectivity index (χ2v) is 8.74. The molecule has 126 valence electrons. The molecule has 0 N–H and O–H groups in total. The third kappa shape index (κ3) is 3.38. The normalized spacial score (nSPS) is 40.5. The van der Waals surface area contributed by atoms with Gasteiger partial charge in [-0.3, -0.25) is 9.59 Å². The standard InChI is InChI=1S/C13H18O3.C6H14/c1-6-8-3-4-9(5-8)10(6)11-7(2)12(14)16-13(11)15;1-5-6(2,3)4/h6-11H,3-5H2,1-2H3;5H2,1-4H3. The Hall–Kier alpha value is -0.860. The lowest BCUT2D eigenvalue weighted by molar-refractivity contribution is -0.154. The summed E-state index contributed by atoms with van der Waals surface area (Å²) in [6.07, 6.45) is 5.08. The molecule has 1 saturated heterocycles. The molecule has 3 fully saturated rings. The summed E-state index contributed by atoms with van der Waals surface area (Å²) >= 11 is 0. The van der Waals surface area contributed by atoms with Gasteiger partial charge in [-0.2, -0.15) is 0 Å². The zero-order valence-corrected chi connectivity index (χ0v) is 15.0. The molecule has 3 aliphatic rings. The maximum Gasteiger partial charge on any atom is 0.317 e. The fourth-order valence-electron chi connectivity index (χ4n) is 4.35. The van der Waals surface area contributed by atoms with Gasteiger partial charge in [0.15, 0.2) is 0 Å². The highest BCUT2D eigenvalue weighted by Gasteiger charge is 2.55. The third-order valence-electron chi connectivity index (χ3n) is 6.27. The molecule has 1 aliphatic heterocycles. The predicted molar refractivity (Wildman–Crippen MR) is 87.0 cm³/mol. The lowest BCUT2D eigenvalue weighted by Crippen LogP contribution is -2.33. The van der Waals surface area contributed by atoms with Crippen molar-refractivity contribution in [1.82, 2.24) is 0 Å². The highest BCUT2D eigenvalue weighted by atomic mass is 16.6. The Balaban J connectivity index is 0.000000254. The Labute approximate surface area is 135 Å². The lowest BCUT2D eigenvalue weighted by atomic mass is 9.70. The molecule has 0 amide bonds. The van der Waals surface area contributed by atoms with E-state index in [9.17, 15) is 9.59 Å². The van der Waals surface area contributed by atoms with E-state index in [1.165, 1.54) is 25.7 Å². The molecule has 1 heterocycles. The summed E-state index contributed by atoms with van der Waals surface area (Å²) in [5, 5.41) is 0. The molecule has 0 aromatic carbocycles. The van der Waals surface area contributed by atoms with Crippen molar-refractivity contribution >= 4 is 11.9 Å². The van der Waals surface area contributed by atoms with Gasteiger partial charge in [0.25, 0.3) is 0 Å². The van der Waals surface area contributed by atoms with Gasteiger partial charge in [-0.05, 0) is 48.3 Å². The van der Waals surface area contributed by atoms with E-state index >= 15 is 0 Å². The first-order valence-corrected chi connectivity index (χ1v) is 8.91. The van der Waals surface area contributed by atoms with Gasteiger partial charge in [0.1, 0.15) is 0 Å². The second kappa shape index (κ2) is 6.33. The number of carbonyl (C=O) groups is 2. The average molecular weight is 308 g/mol. The second-order valence-electron chi connectivity index (χ2n) is 8.74. The van der Waals surface area contributed by atoms with Crippen LogP contribution >= 0.6 is 0 Å². The molecule has 0 spiro atoms. The van der Waals surface area contributed by atoms with E-state index < -0.39 is 0 Å². The zero-order chi connectivity index (χ0) is 16.7. The topological polar surface area (TPSA) is 43.4 Å². The molecule has 0 aromatic heterocycles. The Morgan fingerprint density at radius 2 is 1.59 bits per heavy atom. The number of cyclic esters (lactones) is 2. The van der Waals surface area contributed by atoms with Gasteiger partial charge in [-0.1, -0.05) is 48.0 Å². The fraction of sp³-hybridized carbons (Fsp3) is 0.895. The van der Waals surface area contributed by atoms with Gasteiger partial charge in [0, 0.05) is 0 Å². The van der Waals surface area contributed by atoms with Crippen molar-refractivity contribution in [2.24, 2.45) is 40.9 Å². The summed E-state index contributed by atoms with van der Waals surface area (Å²) in [6, 6.07) is 0. The molecule has 22 heavy (non-hydrogen) atoms. The molecule has 3 heteroatoms. The van der Waals surface area contributed by atoms with Gasteiger partial charge < -0.3 is 4.74 Å². The Morgan fingerprint density at radius 1 is 1.05 bits per heavy atom. The minimum absolute atomic E-state index is 0.155. The number of rotatable bonds is 1. The van der Waals surface area contributed by atoms with Crippen LogP contribution in [0.25, 0.3) is 0 Å². The van der Waals surface area contributed by atoms with Crippen molar-refractivity contribution < 1.29 is 14.3 Å². The minimum Gasteiger partial charge on any atom is -0.393 e. The third-order valence-corrected chi connectivity index (χ3v) is 6.27. The largest absolute Gasteiger partial charge is 0.393 e. The van der Waals surface area contributed by atoms with Crippen molar-refractivity contribution in [1.29, 1.82) is 0 Å². The van der Waals surface area contributed by atoms with Crippen molar-refractivity contribution in [2.75, 3.05) is 0 Å². The molecule has 6 atom stereocenters. The smallest absolute Gasteiger partial charge is 0.317 e. The maximum absolute atomic E-state index is 11.8. The molecule has 6 unspecified atom stereocenters. The van der Waals surface area contributed by atoms with Crippen LogP contribution in [-0.2, 0) is 14.3 Å². The Morgan fingerprint density at radius 3 is 1.95 bits per heavy atom. The highest BCUT2D eigenvalue weighted by molar-refractivity contribution is 5.96. The van der Waals surface area contributed by atoms with Crippen LogP contribution in [0.2, 0.25) is 0 Å². The number of hydrogen-bond acceptors (Lipinski definition) is 3. The van der Waals surface area contributed by atoms with Crippen LogP contribution in [0.3, 0.4) is 0 Å². The molecule has 2 bridgehead atoms. The molecule has 2 saturated carbocycles. The number of fused-ring (bicyclic) bond motifs is 2. The first kappa shape index (κ1) is 17.5. The summed E-state index contributed by atoms with van der Waals surface area (Å²) in [7, 11) is 0. The highest BCUT2D eigenvalue weighted by Crippen LogP contribution is 2.56. The van der Waals surface area contributed by atoms with E-state index in [2.05, 4.69) is 34.6 Å². The monoisotopic (exact) mass is 308 g/mol. The minimum atomic E-state index is -0.315. The SMILES string of the molecule is CC1C(=O)OC(=O)C1C1C2CCC(C2)C1C.CCC(C)(C)C. The number of esters is 2. The summed E-state index contributed by atoms with van der Waals surface area (Å²) in [6.45, 7) is 13.0.